The van der Waals surface area contributed by atoms with Crippen LogP contribution in [-0.4, -0.2) is 64.5 Å². The molecule has 43 heavy (non-hydrogen) atoms. The highest BCUT2D eigenvalue weighted by atomic mass is 19.4. The number of hydrogen-bond acceptors (Lipinski definition) is 3. The first-order valence-electron chi connectivity index (χ1n) is 14.0. The highest BCUT2D eigenvalue weighted by molar-refractivity contribution is 5.79. The maximum atomic E-state index is 14.0. The zero-order valence-corrected chi connectivity index (χ0v) is 23.8. The van der Waals surface area contributed by atoms with Gasteiger partial charge in [0.1, 0.15) is 5.82 Å². The topological polar surface area (TPSA) is 64.1 Å². The molecule has 1 N–H and O–H groups in total. The summed E-state index contributed by atoms with van der Waals surface area (Å²) in [5, 5.41) is 9.72. The zero-order chi connectivity index (χ0) is 31.6. The van der Waals surface area contributed by atoms with E-state index in [0.29, 0.717) is 55.6 Å². The van der Waals surface area contributed by atoms with E-state index in [9.17, 15) is 45.4 Å². The first kappa shape index (κ1) is 31.1. The highest BCUT2D eigenvalue weighted by Gasteiger charge is 2.66. The predicted octanol–water partition coefficient (Wildman–Crippen LogP) is 6.90. The van der Waals surface area contributed by atoms with Crippen molar-refractivity contribution in [3.63, 3.8) is 0 Å². The molecule has 5 rings (SSSR count). The van der Waals surface area contributed by atoms with E-state index in [1.807, 2.05) is 0 Å². The lowest BCUT2D eigenvalue weighted by atomic mass is 9.88. The monoisotopic (exact) mass is 615 g/mol. The van der Waals surface area contributed by atoms with Gasteiger partial charge in [0.05, 0.1) is 28.6 Å². The number of piperidine rings is 2. The van der Waals surface area contributed by atoms with Gasteiger partial charge in [0.25, 0.3) is 0 Å². The van der Waals surface area contributed by atoms with Gasteiger partial charge in [0, 0.05) is 32.7 Å². The van der Waals surface area contributed by atoms with Gasteiger partial charge in [0.2, 0.25) is 0 Å². The number of rotatable bonds is 5. The Bertz CT molecular complexity index is 1400. The van der Waals surface area contributed by atoms with Crippen LogP contribution in [0.1, 0.15) is 66.1 Å². The maximum Gasteiger partial charge on any atom is 0.416 e. The second-order valence-corrected chi connectivity index (χ2v) is 12.1. The summed E-state index contributed by atoms with van der Waals surface area (Å²) in [5.41, 5.74) is -2.75. The molecule has 234 valence electrons. The van der Waals surface area contributed by atoms with Crippen molar-refractivity contribution in [3.05, 3.63) is 70.0 Å². The molecule has 2 amide bonds. The van der Waals surface area contributed by atoms with Crippen LogP contribution in [0.4, 0.5) is 35.5 Å². The van der Waals surface area contributed by atoms with Crippen molar-refractivity contribution < 1.29 is 45.4 Å². The standard InChI is InChI=1S/C30H32F7N3O3/c1-16-8-22(31)4-5-24(16)25-12-23(39-14-21-13-28(21,15-39)26(41)42)6-7-40(25)27(43)38(3)17(2)18-9-19(29(32,33)34)11-20(10-18)30(35,36)37/h4-5,8-11,17,21,23,25H,6-7,12-15H2,1-3H3,(H,41,42)/t17-,21?,23?,25?,28?/m0/s1. The van der Waals surface area contributed by atoms with Crippen LogP contribution in [0.15, 0.2) is 36.4 Å². The van der Waals surface area contributed by atoms with Gasteiger partial charge in [-0.05, 0) is 86.1 Å². The molecule has 0 radical (unpaired) electrons. The van der Waals surface area contributed by atoms with Crippen molar-refractivity contribution in [1.29, 1.82) is 0 Å². The van der Waals surface area contributed by atoms with Crippen LogP contribution in [-0.2, 0) is 17.1 Å². The van der Waals surface area contributed by atoms with E-state index in [4.69, 9.17) is 0 Å². The number of amides is 2. The number of carboxylic acid groups (broad SMARTS) is 1. The lowest BCUT2D eigenvalue weighted by molar-refractivity contribution is -0.144. The summed E-state index contributed by atoms with van der Waals surface area (Å²) in [6.45, 7) is 4.28. The first-order valence-corrected chi connectivity index (χ1v) is 14.0. The normalized spacial score (nSPS) is 26.7. The van der Waals surface area contributed by atoms with Gasteiger partial charge in [-0.3, -0.25) is 9.69 Å². The number of urea groups is 1. The van der Waals surface area contributed by atoms with Crippen LogP contribution >= 0.6 is 0 Å². The van der Waals surface area contributed by atoms with Gasteiger partial charge in [-0.25, -0.2) is 9.18 Å². The fourth-order valence-electron chi connectivity index (χ4n) is 6.76. The van der Waals surface area contributed by atoms with Crippen LogP contribution in [0.25, 0.3) is 0 Å². The molecule has 2 heterocycles. The molecule has 1 saturated carbocycles. The molecular weight excluding hydrogens is 583 g/mol. The number of likely N-dealkylation sites (tertiary alicyclic amines) is 2. The van der Waals surface area contributed by atoms with E-state index in [1.54, 1.807) is 13.0 Å². The number of benzene rings is 2. The minimum absolute atomic E-state index is 0.0486. The number of fused-ring (bicyclic) bond motifs is 1. The first-order chi connectivity index (χ1) is 19.9. The third-order valence-corrected chi connectivity index (χ3v) is 9.50. The number of carbonyl (C=O) groups is 2. The Kier molecular flexibility index (Phi) is 7.72. The summed E-state index contributed by atoms with van der Waals surface area (Å²) in [4.78, 5) is 30.5. The molecular formula is C30H32F7N3O3. The van der Waals surface area contributed by atoms with E-state index in [0.717, 1.165) is 4.90 Å². The molecule has 13 heteroatoms. The Morgan fingerprint density at radius 3 is 2.21 bits per heavy atom. The van der Waals surface area contributed by atoms with Crippen molar-refractivity contribution in [2.75, 3.05) is 26.7 Å². The van der Waals surface area contributed by atoms with Crippen LogP contribution in [0.3, 0.4) is 0 Å². The largest absolute Gasteiger partial charge is 0.481 e. The fourth-order valence-corrected chi connectivity index (χ4v) is 6.76. The molecule has 5 atom stereocenters. The Morgan fingerprint density at radius 1 is 1.05 bits per heavy atom. The summed E-state index contributed by atoms with van der Waals surface area (Å²) in [6.07, 6.45) is -8.52. The summed E-state index contributed by atoms with van der Waals surface area (Å²) in [7, 11) is 1.33. The van der Waals surface area contributed by atoms with Crippen molar-refractivity contribution >= 4 is 12.0 Å². The molecule has 6 nitrogen and oxygen atoms in total. The molecule has 2 saturated heterocycles. The number of nitrogens with zero attached hydrogens (tertiary/aromatic N) is 3. The average molecular weight is 616 g/mol. The fraction of sp³-hybridized carbons (Fsp3) is 0.533. The van der Waals surface area contributed by atoms with Crippen LogP contribution in [0.5, 0.6) is 0 Å². The quantitative estimate of drug-likeness (QED) is 0.372. The Labute approximate surface area is 244 Å². The number of alkyl halides is 6. The third kappa shape index (κ3) is 5.80. The minimum atomic E-state index is -5.03. The van der Waals surface area contributed by atoms with Crippen molar-refractivity contribution in [2.24, 2.45) is 11.3 Å². The van der Waals surface area contributed by atoms with Crippen LogP contribution in [0, 0.1) is 24.1 Å². The van der Waals surface area contributed by atoms with Crippen molar-refractivity contribution in [3.8, 4) is 0 Å². The molecule has 2 aromatic carbocycles. The third-order valence-electron chi connectivity index (χ3n) is 9.50. The molecule has 1 aliphatic carbocycles. The predicted molar refractivity (Wildman–Crippen MR) is 141 cm³/mol. The van der Waals surface area contributed by atoms with Crippen LogP contribution < -0.4 is 0 Å². The number of carboxylic acids is 1. The molecule has 2 aromatic rings. The lowest BCUT2D eigenvalue weighted by Crippen LogP contribution is -2.52. The number of carbonyl (C=O) groups excluding carboxylic acids is 1. The molecule has 3 fully saturated rings. The molecule has 4 unspecified atom stereocenters. The zero-order valence-electron chi connectivity index (χ0n) is 23.8. The van der Waals surface area contributed by atoms with Gasteiger partial charge in [-0.2, -0.15) is 26.3 Å². The van der Waals surface area contributed by atoms with Crippen LogP contribution in [0.2, 0.25) is 0 Å². The Balaban J connectivity index is 1.43. The van der Waals surface area contributed by atoms with Gasteiger partial charge < -0.3 is 14.9 Å². The molecule has 2 aliphatic heterocycles. The smallest absolute Gasteiger partial charge is 0.416 e. The molecule has 3 aliphatic rings. The molecule has 0 bridgehead atoms. The van der Waals surface area contributed by atoms with E-state index in [1.165, 1.54) is 31.0 Å². The minimum Gasteiger partial charge on any atom is -0.481 e. The van der Waals surface area contributed by atoms with Crippen molar-refractivity contribution in [1.82, 2.24) is 14.7 Å². The van der Waals surface area contributed by atoms with Gasteiger partial charge in [-0.15, -0.1) is 0 Å². The number of hydrogen-bond donors (Lipinski definition) is 1. The SMILES string of the molecule is Cc1cc(F)ccc1C1CC(N2CC3CC3(C(=O)O)C2)CCN1C(=O)N(C)[C@@H](C)c1cc(C(F)(F)F)cc(C(F)(F)F)c1. The van der Waals surface area contributed by atoms with E-state index < -0.39 is 58.8 Å². The number of aliphatic carboxylic acids is 1. The maximum absolute atomic E-state index is 14.0. The Hall–Kier alpha value is -3.35. The van der Waals surface area contributed by atoms with Gasteiger partial charge in [0.15, 0.2) is 0 Å². The van der Waals surface area contributed by atoms with E-state index in [-0.39, 0.29) is 30.1 Å². The summed E-state index contributed by atoms with van der Waals surface area (Å²) < 4.78 is 95.0. The lowest BCUT2D eigenvalue weighted by Gasteiger charge is -2.45. The molecule has 0 spiro atoms. The summed E-state index contributed by atoms with van der Waals surface area (Å²) >= 11 is 0. The summed E-state index contributed by atoms with van der Waals surface area (Å²) in [5.74, 6) is -1.22. The number of halogens is 7. The van der Waals surface area contributed by atoms with Gasteiger partial charge in [-0.1, -0.05) is 6.07 Å². The second-order valence-electron chi connectivity index (χ2n) is 12.1. The number of aryl methyl sites for hydroxylation is 1. The Morgan fingerprint density at radius 2 is 1.67 bits per heavy atom. The van der Waals surface area contributed by atoms with E-state index in [2.05, 4.69) is 4.90 Å². The van der Waals surface area contributed by atoms with E-state index >= 15 is 0 Å². The highest BCUT2D eigenvalue weighted by Crippen LogP contribution is 2.59. The average Bonchev–Trinajstić information content (AvgIpc) is 3.51. The molecule has 0 aromatic heterocycles. The van der Waals surface area contributed by atoms with Crippen molar-refractivity contribution in [2.45, 2.75) is 63.6 Å². The second kappa shape index (κ2) is 10.7. The summed E-state index contributed by atoms with van der Waals surface area (Å²) in [6, 6.07) is 3.07. The van der Waals surface area contributed by atoms with Gasteiger partial charge >= 0.3 is 24.4 Å².